The third kappa shape index (κ3) is 5.37. The van der Waals surface area contributed by atoms with Crippen LogP contribution >= 0.6 is 0 Å². The normalized spacial score (nSPS) is 9.96. The predicted octanol–water partition coefficient (Wildman–Crippen LogP) is 2.40. The number of carbonyl (C=O) groups excluding carboxylic acids is 2. The van der Waals surface area contributed by atoms with Gasteiger partial charge in [0.1, 0.15) is 11.5 Å². The van der Waals surface area contributed by atoms with Crippen LogP contribution in [0, 0.1) is 5.82 Å². The van der Waals surface area contributed by atoms with Crippen molar-refractivity contribution in [2.45, 2.75) is 0 Å². The number of para-hydroxylation sites is 1. The molecule has 7 nitrogen and oxygen atoms in total. The standard InChI is InChI=1S/C18H18FNO6/c1-23-12-7-8-14(16(9-12)24-2)20-17(21)10-26-18(22)11-25-15-6-4-3-5-13(15)19/h3-9H,10-11H2,1-2H3,(H,20,21). The average Bonchev–Trinajstić information content (AvgIpc) is 2.66. The fraction of sp³-hybridized carbons (Fsp3) is 0.222. The van der Waals surface area contributed by atoms with E-state index in [0.29, 0.717) is 17.2 Å². The molecule has 0 atom stereocenters. The number of ether oxygens (including phenoxy) is 4. The first kappa shape index (κ1) is 19.0. The lowest BCUT2D eigenvalue weighted by Crippen LogP contribution is -2.24. The maximum atomic E-state index is 13.4. The van der Waals surface area contributed by atoms with Gasteiger partial charge in [0.25, 0.3) is 5.91 Å². The zero-order valence-electron chi connectivity index (χ0n) is 14.3. The van der Waals surface area contributed by atoms with Crippen molar-refractivity contribution in [3.8, 4) is 17.2 Å². The first-order valence-electron chi connectivity index (χ1n) is 7.58. The third-order valence-corrected chi connectivity index (χ3v) is 3.23. The van der Waals surface area contributed by atoms with E-state index in [1.54, 1.807) is 24.3 Å². The lowest BCUT2D eigenvalue weighted by molar-refractivity contribution is -0.149. The van der Waals surface area contributed by atoms with Gasteiger partial charge in [0.15, 0.2) is 24.8 Å². The van der Waals surface area contributed by atoms with Crippen molar-refractivity contribution in [3.63, 3.8) is 0 Å². The highest BCUT2D eigenvalue weighted by Crippen LogP contribution is 2.28. The summed E-state index contributed by atoms with van der Waals surface area (Å²) in [6.07, 6.45) is 0. The van der Waals surface area contributed by atoms with Crippen molar-refractivity contribution in [2.24, 2.45) is 0 Å². The Morgan fingerprint density at radius 2 is 1.77 bits per heavy atom. The van der Waals surface area contributed by atoms with Crippen molar-refractivity contribution in [3.05, 3.63) is 48.3 Å². The monoisotopic (exact) mass is 363 g/mol. The van der Waals surface area contributed by atoms with Gasteiger partial charge in [0, 0.05) is 6.07 Å². The van der Waals surface area contributed by atoms with E-state index in [-0.39, 0.29) is 5.75 Å². The van der Waals surface area contributed by atoms with Crippen molar-refractivity contribution in [2.75, 3.05) is 32.8 Å². The summed E-state index contributed by atoms with van der Waals surface area (Å²) in [4.78, 5) is 23.5. The van der Waals surface area contributed by atoms with Gasteiger partial charge in [0.2, 0.25) is 0 Å². The van der Waals surface area contributed by atoms with Crippen LogP contribution in [0.2, 0.25) is 0 Å². The minimum Gasteiger partial charge on any atom is -0.497 e. The molecule has 2 rings (SSSR count). The minimum absolute atomic E-state index is 0.0723. The zero-order valence-corrected chi connectivity index (χ0v) is 14.3. The Hall–Kier alpha value is -3.29. The lowest BCUT2D eigenvalue weighted by atomic mass is 10.2. The van der Waals surface area contributed by atoms with Crippen LogP contribution in [0.3, 0.4) is 0 Å². The van der Waals surface area contributed by atoms with Gasteiger partial charge in [0.05, 0.1) is 19.9 Å². The molecular weight excluding hydrogens is 345 g/mol. The van der Waals surface area contributed by atoms with Gasteiger partial charge >= 0.3 is 5.97 Å². The van der Waals surface area contributed by atoms with E-state index in [4.69, 9.17) is 18.9 Å². The Balaban J connectivity index is 1.81. The number of anilines is 1. The van der Waals surface area contributed by atoms with Gasteiger partial charge in [-0.15, -0.1) is 0 Å². The average molecular weight is 363 g/mol. The largest absolute Gasteiger partial charge is 0.497 e. The van der Waals surface area contributed by atoms with Gasteiger partial charge in [-0.2, -0.15) is 0 Å². The molecule has 0 bridgehead atoms. The molecule has 0 saturated heterocycles. The molecule has 0 unspecified atom stereocenters. The SMILES string of the molecule is COc1ccc(NC(=O)COC(=O)COc2ccccc2F)c(OC)c1. The molecule has 1 amide bonds. The second kappa shape index (κ2) is 9.26. The summed E-state index contributed by atoms with van der Waals surface area (Å²) in [5.41, 5.74) is 0.400. The van der Waals surface area contributed by atoms with Crippen LogP contribution in [0.25, 0.3) is 0 Å². The Labute approximate surface area is 149 Å². The van der Waals surface area contributed by atoms with E-state index in [0.717, 1.165) is 0 Å². The number of hydrogen-bond donors (Lipinski definition) is 1. The maximum absolute atomic E-state index is 13.4. The number of methoxy groups -OCH3 is 2. The van der Waals surface area contributed by atoms with Crippen molar-refractivity contribution >= 4 is 17.6 Å². The summed E-state index contributed by atoms with van der Waals surface area (Å²) in [5, 5.41) is 2.55. The molecule has 0 fully saturated rings. The summed E-state index contributed by atoms with van der Waals surface area (Å²) in [6.45, 7) is -1.03. The van der Waals surface area contributed by atoms with E-state index in [9.17, 15) is 14.0 Å². The number of amides is 1. The molecule has 0 heterocycles. The molecule has 1 N–H and O–H groups in total. The fourth-order valence-corrected chi connectivity index (χ4v) is 1.97. The van der Waals surface area contributed by atoms with E-state index in [1.165, 1.54) is 32.4 Å². The number of halogens is 1. The lowest BCUT2D eigenvalue weighted by Gasteiger charge is -2.12. The molecule has 0 aliphatic rings. The van der Waals surface area contributed by atoms with Crippen molar-refractivity contribution in [1.29, 1.82) is 0 Å². The highest BCUT2D eigenvalue weighted by Gasteiger charge is 2.12. The first-order chi connectivity index (χ1) is 12.5. The molecule has 8 heteroatoms. The van der Waals surface area contributed by atoms with Crippen LogP contribution in [0.4, 0.5) is 10.1 Å². The van der Waals surface area contributed by atoms with Gasteiger partial charge < -0.3 is 24.3 Å². The molecule has 138 valence electrons. The van der Waals surface area contributed by atoms with Crippen LogP contribution in [0.1, 0.15) is 0 Å². The number of nitrogens with one attached hydrogen (secondary N) is 1. The molecular formula is C18H18FNO6. The van der Waals surface area contributed by atoms with E-state index >= 15 is 0 Å². The highest BCUT2D eigenvalue weighted by atomic mass is 19.1. The second-order valence-corrected chi connectivity index (χ2v) is 4.99. The number of hydrogen-bond acceptors (Lipinski definition) is 6. The quantitative estimate of drug-likeness (QED) is 0.725. The fourth-order valence-electron chi connectivity index (χ4n) is 1.97. The predicted molar refractivity (Wildman–Crippen MR) is 91.0 cm³/mol. The van der Waals surface area contributed by atoms with Crippen LogP contribution < -0.4 is 19.5 Å². The Morgan fingerprint density at radius 1 is 1.00 bits per heavy atom. The second-order valence-electron chi connectivity index (χ2n) is 4.99. The zero-order chi connectivity index (χ0) is 18.9. The molecule has 2 aromatic carbocycles. The summed E-state index contributed by atoms with van der Waals surface area (Å²) in [6, 6.07) is 10.5. The molecule has 0 aromatic heterocycles. The number of carbonyl (C=O) groups is 2. The smallest absolute Gasteiger partial charge is 0.344 e. The molecule has 0 radical (unpaired) electrons. The van der Waals surface area contributed by atoms with Gasteiger partial charge in [-0.3, -0.25) is 4.79 Å². The van der Waals surface area contributed by atoms with E-state index in [2.05, 4.69) is 5.32 Å². The van der Waals surface area contributed by atoms with Gasteiger partial charge in [-0.1, -0.05) is 12.1 Å². The highest BCUT2D eigenvalue weighted by molar-refractivity contribution is 5.94. The minimum atomic E-state index is -0.801. The summed E-state index contributed by atoms with van der Waals surface area (Å²) in [7, 11) is 2.96. The summed E-state index contributed by atoms with van der Waals surface area (Å²) >= 11 is 0. The number of benzene rings is 2. The Bertz CT molecular complexity index is 780. The van der Waals surface area contributed by atoms with Crippen molar-refractivity contribution < 1.29 is 32.9 Å². The maximum Gasteiger partial charge on any atom is 0.344 e. The topological polar surface area (TPSA) is 83.1 Å². The number of rotatable bonds is 8. The third-order valence-electron chi connectivity index (χ3n) is 3.23. The van der Waals surface area contributed by atoms with Gasteiger partial charge in [-0.05, 0) is 24.3 Å². The van der Waals surface area contributed by atoms with Crippen molar-refractivity contribution in [1.82, 2.24) is 0 Å². The Morgan fingerprint density at radius 3 is 2.46 bits per heavy atom. The summed E-state index contributed by atoms with van der Waals surface area (Å²) < 4.78 is 33.4. The molecule has 0 spiro atoms. The molecule has 0 saturated carbocycles. The van der Waals surface area contributed by atoms with Crippen LogP contribution in [-0.2, 0) is 14.3 Å². The summed E-state index contributed by atoms with van der Waals surface area (Å²) in [5.74, 6) is -1.07. The number of esters is 1. The first-order valence-corrected chi connectivity index (χ1v) is 7.58. The van der Waals surface area contributed by atoms with E-state index in [1.807, 2.05) is 0 Å². The van der Waals surface area contributed by atoms with Crippen LogP contribution in [0.15, 0.2) is 42.5 Å². The van der Waals surface area contributed by atoms with Crippen LogP contribution in [0.5, 0.6) is 17.2 Å². The molecule has 2 aromatic rings. The van der Waals surface area contributed by atoms with Gasteiger partial charge in [-0.25, -0.2) is 9.18 Å². The molecule has 26 heavy (non-hydrogen) atoms. The van der Waals surface area contributed by atoms with E-state index < -0.39 is 30.9 Å². The Kier molecular flexibility index (Phi) is 6.78. The molecule has 0 aliphatic carbocycles. The van der Waals surface area contributed by atoms with Crippen LogP contribution in [-0.4, -0.2) is 39.3 Å². The molecule has 0 aliphatic heterocycles.